The maximum atomic E-state index is 13.3. The Bertz CT molecular complexity index is 813. The zero-order valence-corrected chi connectivity index (χ0v) is 13.9. The van der Waals surface area contributed by atoms with Crippen LogP contribution in [0.3, 0.4) is 0 Å². The Hall–Kier alpha value is -2.11. The molecular weight excluding hydrogens is 354 g/mol. The summed E-state index contributed by atoms with van der Waals surface area (Å²) < 4.78 is 13.3. The second kappa shape index (κ2) is 6.79. The normalized spacial score (nSPS) is 17.2. The SMILES string of the molecule is O=C(Nc1cccc(Cl)c1Cl)C1CC(=O)N(c2cccc(F)c2)C1. The van der Waals surface area contributed by atoms with Crippen LogP contribution < -0.4 is 10.2 Å². The Kier molecular flexibility index (Phi) is 4.73. The second-order valence-corrected chi connectivity index (χ2v) is 6.26. The van der Waals surface area contributed by atoms with Crippen LogP contribution in [-0.2, 0) is 9.59 Å². The first-order valence-electron chi connectivity index (χ1n) is 7.26. The van der Waals surface area contributed by atoms with Gasteiger partial charge in [0.15, 0.2) is 0 Å². The Balaban J connectivity index is 1.73. The van der Waals surface area contributed by atoms with Gasteiger partial charge in [-0.25, -0.2) is 4.39 Å². The van der Waals surface area contributed by atoms with Crippen LogP contribution in [0.4, 0.5) is 15.8 Å². The van der Waals surface area contributed by atoms with Crippen molar-refractivity contribution in [3.8, 4) is 0 Å². The summed E-state index contributed by atoms with van der Waals surface area (Å²) in [5.74, 6) is -1.53. The van der Waals surface area contributed by atoms with Crippen LogP contribution >= 0.6 is 23.2 Å². The minimum atomic E-state index is -0.546. The highest BCUT2D eigenvalue weighted by Crippen LogP contribution is 2.31. The third-order valence-corrected chi connectivity index (χ3v) is 4.64. The Morgan fingerprint density at radius 3 is 2.71 bits per heavy atom. The molecule has 0 saturated carbocycles. The molecule has 1 heterocycles. The van der Waals surface area contributed by atoms with Crippen molar-refractivity contribution in [2.45, 2.75) is 6.42 Å². The molecule has 0 aromatic heterocycles. The smallest absolute Gasteiger partial charge is 0.229 e. The van der Waals surface area contributed by atoms with E-state index in [0.717, 1.165) is 0 Å². The lowest BCUT2D eigenvalue weighted by atomic mass is 10.1. The first-order chi connectivity index (χ1) is 11.5. The molecule has 1 fully saturated rings. The topological polar surface area (TPSA) is 49.4 Å². The number of nitrogens with one attached hydrogen (secondary N) is 1. The van der Waals surface area contributed by atoms with Crippen molar-refractivity contribution in [2.75, 3.05) is 16.8 Å². The molecule has 0 spiro atoms. The molecule has 4 nitrogen and oxygen atoms in total. The van der Waals surface area contributed by atoms with Gasteiger partial charge in [0.25, 0.3) is 0 Å². The third kappa shape index (κ3) is 3.37. The van der Waals surface area contributed by atoms with Crippen LogP contribution in [0.25, 0.3) is 0 Å². The number of hydrogen-bond acceptors (Lipinski definition) is 2. The standard InChI is InChI=1S/C17H13Cl2FN2O2/c18-13-5-2-6-14(16(13)19)21-17(24)10-7-15(23)22(9-10)12-4-1-3-11(20)8-12/h1-6,8,10H,7,9H2,(H,21,24). The zero-order chi connectivity index (χ0) is 17.3. The maximum absolute atomic E-state index is 13.3. The predicted molar refractivity (Wildman–Crippen MR) is 92.0 cm³/mol. The summed E-state index contributed by atoms with van der Waals surface area (Å²) in [4.78, 5) is 26.0. The molecule has 1 atom stereocenters. The number of halogens is 3. The first-order valence-corrected chi connectivity index (χ1v) is 8.02. The molecule has 124 valence electrons. The summed E-state index contributed by atoms with van der Waals surface area (Å²) in [6, 6.07) is 10.6. The minimum Gasteiger partial charge on any atom is -0.324 e. The number of rotatable bonds is 3. The lowest BCUT2D eigenvalue weighted by Gasteiger charge is -2.17. The van der Waals surface area contributed by atoms with E-state index in [-0.39, 0.29) is 29.8 Å². The molecule has 1 aliphatic heterocycles. The van der Waals surface area contributed by atoms with Gasteiger partial charge in [-0.3, -0.25) is 9.59 Å². The molecule has 1 unspecified atom stereocenters. The van der Waals surface area contributed by atoms with Crippen LogP contribution in [0, 0.1) is 11.7 Å². The van der Waals surface area contributed by atoms with Gasteiger partial charge in [-0.05, 0) is 30.3 Å². The number of hydrogen-bond donors (Lipinski definition) is 1. The average Bonchev–Trinajstić information content (AvgIpc) is 2.94. The van der Waals surface area contributed by atoms with E-state index in [2.05, 4.69) is 5.32 Å². The van der Waals surface area contributed by atoms with Gasteiger partial charge in [0.05, 0.1) is 21.7 Å². The number of carbonyl (C=O) groups is 2. The minimum absolute atomic E-state index is 0.0561. The zero-order valence-electron chi connectivity index (χ0n) is 12.4. The number of carbonyl (C=O) groups excluding carboxylic acids is 2. The van der Waals surface area contributed by atoms with Gasteiger partial charge in [-0.1, -0.05) is 35.3 Å². The summed E-state index contributed by atoms with van der Waals surface area (Å²) in [6.07, 6.45) is 0.0561. The summed E-state index contributed by atoms with van der Waals surface area (Å²) >= 11 is 12.0. The fraction of sp³-hybridized carbons (Fsp3) is 0.176. The second-order valence-electron chi connectivity index (χ2n) is 5.48. The molecule has 1 N–H and O–H groups in total. The van der Waals surface area contributed by atoms with Crippen LogP contribution in [0.5, 0.6) is 0 Å². The van der Waals surface area contributed by atoms with Gasteiger partial charge in [0.1, 0.15) is 5.82 Å². The Morgan fingerprint density at radius 2 is 1.96 bits per heavy atom. The number of benzene rings is 2. The third-order valence-electron chi connectivity index (χ3n) is 3.83. The molecular formula is C17H13Cl2FN2O2. The van der Waals surface area contributed by atoms with Crippen molar-refractivity contribution in [2.24, 2.45) is 5.92 Å². The highest BCUT2D eigenvalue weighted by atomic mass is 35.5. The first kappa shape index (κ1) is 16.7. The van der Waals surface area contributed by atoms with E-state index in [0.29, 0.717) is 16.4 Å². The van der Waals surface area contributed by atoms with E-state index in [1.165, 1.54) is 23.1 Å². The number of anilines is 2. The highest BCUT2D eigenvalue weighted by Gasteiger charge is 2.35. The van der Waals surface area contributed by atoms with Gasteiger partial charge in [0, 0.05) is 18.7 Å². The van der Waals surface area contributed by atoms with Gasteiger partial charge in [-0.15, -0.1) is 0 Å². The number of nitrogens with zero attached hydrogens (tertiary/aromatic N) is 1. The molecule has 0 radical (unpaired) electrons. The molecule has 3 rings (SSSR count). The number of amides is 2. The lowest BCUT2D eigenvalue weighted by molar-refractivity contribution is -0.122. The van der Waals surface area contributed by atoms with Crippen molar-refractivity contribution >= 4 is 46.4 Å². The molecule has 1 saturated heterocycles. The summed E-state index contributed by atoms with van der Waals surface area (Å²) in [5, 5.41) is 3.27. The van der Waals surface area contributed by atoms with Crippen molar-refractivity contribution < 1.29 is 14.0 Å². The van der Waals surface area contributed by atoms with Gasteiger partial charge < -0.3 is 10.2 Å². The molecule has 24 heavy (non-hydrogen) atoms. The summed E-state index contributed by atoms with van der Waals surface area (Å²) in [6.45, 7) is 0.187. The molecule has 0 aliphatic carbocycles. The quantitative estimate of drug-likeness (QED) is 0.887. The van der Waals surface area contributed by atoms with Crippen molar-refractivity contribution in [3.05, 3.63) is 58.3 Å². The van der Waals surface area contributed by atoms with Crippen molar-refractivity contribution in [1.82, 2.24) is 0 Å². The van der Waals surface area contributed by atoms with E-state index in [1.807, 2.05) is 0 Å². The van der Waals surface area contributed by atoms with Crippen LogP contribution in [0.1, 0.15) is 6.42 Å². The molecule has 2 amide bonds. The molecule has 2 aromatic rings. The maximum Gasteiger partial charge on any atom is 0.229 e. The average molecular weight is 367 g/mol. The van der Waals surface area contributed by atoms with Crippen LogP contribution in [-0.4, -0.2) is 18.4 Å². The van der Waals surface area contributed by atoms with E-state index in [9.17, 15) is 14.0 Å². The van der Waals surface area contributed by atoms with Gasteiger partial charge in [-0.2, -0.15) is 0 Å². The monoisotopic (exact) mass is 366 g/mol. The van der Waals surface area contributed by atoms with Gasteiger partial charge in [0.2, 0.25) is 11.8 Å². The fourth-order valence-electron chi connectivity index (χ4n) is 2.61. The highest BCUT2D eigenvalue weighted by molar-refractivity contribution is 6.44. The summed E-state index contributed by atoms with van der Waals surface area (Å²) in [5.41, 5.74) is 0.835. The van der Waals surface area contributed by atoms with Crippen molar-refractivity contribution in [3.63, 3.8) is 0 Å². The van der Waals surface area contributed by atoms with Gasteiger partial charge >= 0.3 is 0 Å². The van der Waals surface area contributed by atoms with Crippen LogP contribution in [0.2, 0.25) is 10.0 Å². The van der Waals surface area contributed by atoms with E-state index >= 15 is 0 Å². The Labute approximate surface area is 148 Å². The molecule has 2 aromatic carbocycles. The Morgan fingerprint density at radius 1 is 1.21 bits per heavy atom. The molecule has 0 bridgehead atoms. The predicted octanol–water partition coefficient (Wildman–Crippen LogP) is 4.12. The van der Waals surface area contributed by atoms with E-state index < -0.39 is 11.7 Å². The largest absolute Gasteiger partial charge is 0.324 e. The van der Waals surface area contributed by atoms with Crippen molar-refractivity contribution in [1.29, 1.82) is 0 Å². The van der Waals surface area contributed by atoms with E-state index in [4.69, 9.17) is 23.2 Å². The fourth-order valence-corrected chi connectivity index (χ4v) is 2.96. The summed E-state index contributed by atoms with van der Waals surface area (Å²) in [7, 11) is 0. The molecule has 7 heteroatoms. The molecule has 1 aliphatic rings. The van der Waals surface area contributed by atoms with E-state index in [1.54, 1.807) is 24.3 Å². The van der Waals surface area contributed by atoms with Crippen LogP contribution in [0.15, 0.2) is 42.5 Å². The lowest BCUT2D eigenvalue weighted by Crippen LogP contribution is -2.28.